The molecule has 1 aromatic carbocycles. The summed E-state index contributed by atoms with van der Waals surface area (Å²) in [6.45, 7) is 9.58. The molecule has 0 aliphatic rings. The third-order valence-corrected chi connectivity index (χ3v) is 4.11. The molecule has 0 spiro atoms. The Bertz CT molecular complexity index is 651. The van der Waals surface area contributed by atoms with Gasteiger partial charge in [-0.25, -0.2) is 18.5 Å². The molecule has 1 aromatic rings. The Morgan fingerprint density at radius 1 is 1.31 bits per heavy atom. The van der Waals surface area contributed by atoms with E-state index in [1.807, 2.05) is 13.0 Å². The molecule has 0 unspecified atom stereocenters. The number of benzene rings is 1. The maximum absolute atomic E-state index is 11.4. The summed E-state index contributed by atoms with van der Waals surface area (Å²) < 4.78 is 28.3. The van der Waals surface area contributed by atoms with Gasteiger partial charge in [-0.3, -0.25) is 0 Å². The van der Waals surface area contributed by atoms with E-state index in [1.165, 1.54) is 6.07 Å². The molecule has 9 heteroatoms. The van der Waals surface area contributed by atoms with Crippen LogP contribution in [0, 0.1) is 5.92 Å². The zero-order valence-corrected chi connectivity index (χ0v) is 18.8. The maximum Gasteiger partial charge on any atom is 0.238 e. The molecule has 0 amide bonds. The van der Waals surface area contributed by atoms with Crippen LogP contribution in [-0.4, -0.2) is 40.7 Å². The minimum Gasteiger partial charge on any atom is -0.381 e. The molecule has 4 N–H and O–H groups in total. The van der Waals surface area contributed by atoms with Gasteiger partial charge >= 0.3 is 0 Å². The lowest BCUT2D eigenvalue weighted by Crippen LogP contribution is -2.38. The van der Waals surface area contributed by atoms with Gasteiger partial charge in [-0.2, -0.15) is 0 Å². The van der Waals surface area contributed by atoms with E-state index in [4.69, 9.17) is 9.88 Å². The summed E-state index contributed by atoms with van der Waals surface area (Å²) in [5.74, 6) is 1.23. The second-order valence-electron chi connectivity index (χ2n) is 6.14. The number of ether oxygens (including phenoxy) is 1. The summed E-state index contributed by atoms with van der Waals surface area (Å²) >= 11 is 0. The average molecular weight is 498 g/mol. The van der Waals surface area contributed by atoms with Gasteiger partial charge in [0.25, 0.3) is 0 Å². The van der Waals surface area contributed by atoms with E-state index in [1.54, 1.807) is 12.1 Å². The van der Waals surface area contributed by atoms with Crippen molar-refractivity contribution in [2.24, 2.45) is 16.0 Å². The smallest absolute Gasteiger partial charge is 0.238 e. The van der Waals surface area contributed by atoms with E-state index >= 15 is 0 Å². The highest BCUT2D eigenvalue weighted by Gasteiger charge is 2.07. The van der Waals surface area contributed by atoms with Crippen LogP contribution in [0.4, 0.5) is 0 Å². The van der Waals surface area contributed by atoms with E-state index in [-0.39, 0.29) is 28.9 Å². The van der Waals surface area contributed by atoms with Crippen LogP contribution >= 0.6 is 24.0 Å². The van der Waals surface area contributed by atoms with Crippen molar-refractivity contribution < 1.29 is 13.2 Å². The standard InChI is InChI=1S/C17H30N4O3S.HI/c1-4-19-17(20-9-6-10-24-13-14(2)3)21-12-15-7-5-8-16(11-15)25(18,22)23;/h5,7-8,11,14H,4,6,9-10,12-13H2,1-3H3,(H2,18,22,23)(H2,19,20,21);1H. The number of nitrogens with one attached hydrogen (secondary N) is 2. The molecule has 0 aliphatic carbocycles. The molecule has 0 radical (unpaired) electrons. The van der Waals surface area contributed by atoms with Gasteiger partial charge in [0, 0.05) is 26.3 Å². The average Bonchev–Trinajstić information content (AvgIpc) is 2.55. The molecule has 0 aliphatic heterocycles. The van der Waals surface area contributed by atoms with Crippen molar-refractivity contribution in [1.82, 2.24) is 10.6 Å². The van der Waals surface area contributed by atoms with E-state index in [0.29, 0.717) is 25.0 Å². The van der Waals surface area contributed by atoms with Crippen LogP contribution < -0.4 is 15.8 Å². The van der Waals surface area contributed by atoms with Crippen molar-refractivity contribution in [3.63, 3.8) is 0 Å². The molecule has 26 heavy (non-hydrogen) atoms. The zero-order chi connectivity index (χ0) is 18.7. The van der Waals surface area contributed by atoms with Crippen LogP contribution in [0.25, 0.3) is 0 Å². The number of hydrogen-bond donors (Lipinski definition) is 3. The minimum absolute atomic E-state index is 0. The van der Waals surface area contributed by atoms with Crippen LogP contribution in [-0.2, 0) is 21.3 Å². The normalized spacial score (nSPS) is 12.0. The molecule has 0 saturated heterocycles. The van der Waals surface area contributed by atoms with E-state index in [0.717, 1.165) is 31.7 Å². The molecule has 0 atom stereocenters. The molecule has 0 fully saturated rings. The van der Waals surface area contributed by atoms with Crippen molar-refractivity contribution >= 4 is 40.0 Å². The van der Waals surface area contributed by atoms with Crippen molar-refractivity contribution in [3.05, 3.63) is 29.8 Å². The quantitative estimate of drug-likeness (QED) is 0.198. The second-order valence-corrected chi connectivity index (χ2v) is 7.70. The van der Waals surface area contributed by atoms with Gasteiger partial charge < -0.3 is 15.4 Å². The number of sulfonamides is 1. The number of guanidine groups is 1. The Hall–Kier alpha value is -0.910. The number of nitrogens with two attached hydrogens (primary N) is 1. The number of hydrogen-bond acceptors (Lipinski definition) is 4. The Labute approximate surface area is 174 Å². The molecular weight excluding hydrogens is 467 g/mol. The number of aliphatic imine (C=N–C) groups is 1. The van der Waals surface area contributed by atoms with Crippen LogP contribution in [0.3, 0.4) is 0 Å². The molecule has 0 aromatic heterocycles. The Morgan fingerprint density at radius 2 is 2.04 bits per heavy atom. The fourth-order valence-electron chi connectivity index (χ4n) is 2.03. The van der Waals surface area contributed by atoms with Gasteiger partial charge in [0.1, 0.15) is 0 Å². The first kappa shape index (κ1) is 25.1. The lowest BCUT2D eigenvalue weighted by molar-refractivity contribution is 0.108. The van der Waals surface area contributed by atoms with Crippen molar-refractivity contribution in [2.45, 2.75) is 38.6 Å². The van der Waals surface area contributed by atoms with Crippen LogP contribution in [0.15, 0.2) is 34.2 Å². The molecule has 1 rings (SSSR count). The summed E-state index contributed by atoms with van der Waals surface area (Å²) in [5.41, 5.74) is 0.781. The lowest BCUT2D eigenvalue weighted by Gasteiger charge is -2.12. The third kappa shape index (κ3) is 10.9. The second kappa shape index (κ2) is 13.3. The van der Waals surface area contributed by atoms with Gasteiger partial charge in [0.05, 0.1) is 11.4 Å². The Morgan fingerprint density at radius 3 is 2.65 bits per heavy atom. The van der Waals surface area contributed by atoms with Gasteiger partial charge in [-0.05, 0) is 37.0 Å². The molecule has 150 valence electrons. The van der Waals surface area contributed by atoms with E-state index in [2.05, 4.69) is 29.5 Å². The van der Waals surface area contributed by atoms with Crippen molar-refractivity contribution in [3.8, 4) is 0 Å². The Kier molecular flexibility index (Phi) is 12.8. The highest BCUT2D eigenvalue weighted by Crippen LogP contribution is 2.10. The summed E-state index contributed by atoms with van der Waals surface area (Å²) in [4.78, 5) is 4.57. The molecule has 0 saturated carbocycles. The number of nitrogens with zero attached hydrogens (tertiary/aromatic N) is 1. The first-order chi connectivity index (χ1) is 11.8. The van der Waals surface area contributed by atoms with Gasteiger partial charge in [0.2, 0.25) is 10.0 Å². The first-order valence-corrected chi connectivity index (χ1v) is 10.1. The fourth-order valence-corrected chi connectivity index (χ4v) is 2.62. The largest absolute Gasteiger partial charge is 0.381 e. The highest BCUT2D eigenvalue weighted by molar-refractivity contribution is 14.0. The zero-order valence-electron chi connectivity index (χ0n) is 15.7. The summed E-state index contributed by atoms with van der Waals surface area (Å²) in [6, 6.07) is 6.50. The highest BCUT2D eigenvalue weighted by atomic mass is 127. The predicted molar refractivity (Wildman–Crippen MR) is 116 cm³/mol. The van der Waals surface area contributed by atoms with E-state index in [9.17, 15) is 8.42 Å². The van der Waals surface area contributed by atoms with Crippen LogP contribution in [0.2, 0.25) is 0 Å². The molecular formula is C17H31IN4O3S. The lowest BCUT2D eigenvalue weighted by atomic mass is 10.2. The summed E-state index contributed by atoms with van der Waals surface area (Å²) in [6.07, 6.45) is 0.887. The SMILES string of the molecule is CCNC(=NCc1cccc(S(N)(=O)=O)c1)NCCCOCC(C)C.I. The summed E-state index contributed by atoms with van der Waals surface area (Å²) in [5, 5.41) is 11.6. The summed E-state index contributed by atoms with van der Waals surface area (Å²) in [7, 11) is -3.70. The number of primary sulfonamides is 1. The van der Waals surface area contributed by atoms with Gasteiger partial charge in [-0.1, -0.05) is 26.0 Å². The van der Waals surface area contributed by atoms with Crippen molar-refractivity contribution in [1.29, 1.82) is 0 Å². The van der Waals surface area contributed by atoms with Gasteiger partial charge in [0.15, 0.2) is 5.96 Å². The predicted octanol–water partition coefficient (Wildman–Crippen LogP) is 2.07. The monoisotopic (exact) mass is 498 g/mol. The third-order valence-electron chi connectivity index (χ3n) is 3.20. The number of rotatable bonds is 10. The minimum atomic E-state index is -3.70. The molecule has 0 bridgehead atoms. The fraction of sp³-hybridized carbons (Fsp3) is 0.588. The molecule has 7 nitrogen and oxygen atoms in total. The van der Waals surface area contributed by atoms with Crippen LogP contribution in [0.5, 0.6) is 0 Å². The van der Waals surface area contributed by atoms with Crippen molar-refractivity contribution in [2.75, 3.05) is 26.3 Å². The first-order valence-electron chi connectivity index (χ1n) is 8.54. The molecule has 0 heterocycles. The van der Waals surface area contributed by atoms with Crippen LogP contribution in [0.1, 0.15) is 32.8 Å². The topological polar surface area (TPSA) is 106 Å². The van der Waals surface area contributed by atoms with Gasteiger partial charge in [-0.15, -0.1) is 24.0 Å². The Balaban J connectivity index is 0.00000625. The van der Waals surface area contributed by atoms with E-state index < -0.39 is 10.0 Å². The number of halogens is 1. The maximum atomic E-state index is 11.4.